The van der Waals surface area contributed by atoms with Gasteiger partial charge in [-0.25, -0.2) is 0 Å². The molecule has 27 heavy (non-hydrogen) atoms. The van der Waals surface area contributed by atoms with Crippen LogP contribution < -0.4 is 15.9 Å². The zero-order chi connectivity index (χ0) is 19.3. The number of nitrogens with zero attached hydrogens (tertiary/aromatic N) is 1. The fourth-order valence-electron chi connectivity index (χ4n) is 3.67. The molecule has 0 radical (unpaired) electrons. The largest absolute Gasteiger partial charge is 0.465 e. The van der Waals surface area contributed by atoms with Crippen LogP contribution in [0.4, 0.5) is 0 Å². The Morgan fingerprint density at radius 1 is 1.07 bits per heavy atom. The van der Waals surface area contributed by atoms with Crippen LogP contribution in [0.2, 0.25) is 5.02 Å². The highest BCUT2D eigenvalue weighted by Gasteiger charge is 2.33. The molecule has 1 aliphatic heterocycles. The molecule has 0 spiro atoms. The number of aryl methyl sites for hydroxylation is 2. The van der Waals surface area contributed by atoms with Gasteiger partial charge in [-0.2, -0.15) is 5.26 Å². The SMILES string of the molecule is Cc1oc(C)c2c(=O)ccc3c(c12)OC(N)=C(C#N)[C@@H]3c1ccccc1Cl. The van der Waals surface area contributed by atoms with Crippen LogP contribution in [0.15, 0.2) is 57.1 Å². The molecule has 2 heterocycles. The van der Waals surface area contributed by atoms with Crippen molar-refractivity contribution in [3.63, 3.8) is 0 Å². The molecule has 1 aromatic heterocycles. The van der Waals surface area contributed by atoms with E-state index in [0.29, 0.717) is 44.2 Å². The van der Waals surface area contributed by atoms with E-state index in [1.165, 1.54) is 6.07 Å². The molecule has 0 saturated carbocycles. The van der Waals surface area contributed by atoms with Gasteiger partial charge in [0.05, 0.1) is 16.7 Å². The minimum Gasteiger partial charge on any atom is -0.465 e. The number of nitrogens with two attached hydrogens (primary N) is 1. The lowest BCUT2D eigenvalue weighted by Crippen LogP contribution is -2.21. The Bertz CT molecular complexity index is 1230. The molecule has 0 fully saturated rings. The molecular formula is C21H15ClN2O3. The molecule has 6 heteroatoms. The topological polar surface area (TPSA) is 89.2 Å². The van der Waals surface area contributed by atoms with E-state index >= 15 is 0 Å². The second-order valence-electron chi connectivity index (χ2n) is 6.39. The Morgan fingerprint density at radius 3 is 2.48 bits per heavy atom. The molecule has 5 nitrogen and oxygen atoms in total. The summed E-state index contributed by atoms with van der Waals surface area (Å²) in [5.41, 5.74) is 7.51. The average Bonchev–Trinajstić information content (AvgIpc) is 2.84. The third-order valence-corrected chi connectivity index (χ3v) is 5.17. The first-order chi connectivity index (χ1) is 12.9. The average molecular weight is 379 g/mol. The van der Waals surface area contributed by atoms with Crippen LogP contribution in [0.3, 0.4) is 0 Å². The standard InChI is InChI=1S/C21H15ClN2O3/c1-10-17-16(25)8-7-13-19(12-5-3-4-6-15(12)22)14(9-23)21(24)27-20(13)18(17)11(2)26-10/h3-8,19H,24H2,1-2H3/t19-/m1/s1. The minimum atomic E-state index is -0.544. The Balaban J connectivity index is 2.17. The van der Waals surface area contributed by atoms with Crippen LogP contribution in [0.25, 0.3) is 10.8 Å². The fourth-order valence-corrected chi connectivity index (χ4v) is 3.92. The zero-order valence-electron chi connectivity index (χ0n) is 14.7. The van der Waals surface area contributed by atoms with Crippen LogP contribution in [-0.4, -0.2) is 0 Å². The Kier molecular flexibility index (Phi) is 3.94. The summed E-state index contributed by atoms with van der Waals surface area (Å²) >= 11 is 6.42. The van der Waals surface area contributed by atoms with Gasteiger partial charge in [0.15, 0.2) is 5.43 Å². The number of halogens is 1. The quantitative estimate of drug-likeness (QED) is 0.682. The van der Waals surface area contributed by atoms with Crippen molar-refractivity contribution in [2.75, 3.05) is 0 Å². The molecule has 0 bridgehead atoms. The van der Waals surface area contributed by atoms with Crippen molar-refractivity contribution < 1.29 is 9.15 Å². The Labute approximate surface area is 160 Å². The molecule has 0 saturated heterocycles. The summed E-state index contributed by atoms with van der Waals surface area (Å²) in [4.78, 5) is 12.7. The van der Waals surface area contributed by atoms with Crippen LogP contribution in [-0.2, 0) is 0 Å². The Morgan fingerprint density at radius 2 is 1.78 bits per heavy atom. The highest BCUT2D eigenvalue weighted by molar-refractivity contribution is 6.31. The smallest absolute Gasteiger partial charge is 0.205 e. The predicted octanol–water partition coefficient (Wildman–Crippen LogP) is 4.28. The summed E-state index contributed by atoms with van der Waals surface area (Å²) in [6.07, 6.45) is 0. The fraction of sp³-hybridized carbons (Fsp3) is 0.143. The molecule has 4 rings (SSSR count). The van der Waals surface area contributed by atoms with E-state index in [1.54, 1.807) is 26.0 Å². The second-order valence-corrected chi connectivity index (χ2v) is 6.80. The van der Waals surface area contributed by atoms with Gasteiger partial charge in [0, 0.05) is 10.6 Å². The normalized spacial score (nSPS) is 16.0. The van der Waals surface area contributed by atoms with Gasteiger partial charge in [-0.15, -0.1) is 0 Å². The summed E-state index contributed by atoms with van der Waals surface area (Å²) in [7, 11) is 0. The lowest BCUT2D eigenvalue weighted by molar-refractivity contribution is 0.398. The third kappa shape index (κ3) is 2.49. The van der Waals surface area contributed by atoms with Crippen molar-refractivity contribution in [1.29, 1.82) is 5.26 Å². The van der Waals surface area contributed by atoms with Gasteiger partial charge in [0.2, 0.25) is 5.88 Å². The van der Waals surface area contributed by atoms with E-state index in [4.69, 9.17) is 26.5 Å². The first kappa shape index (κ1) is 17.2. The molecule has 1 atom stereocenters. The highest BCUT2D eigenvalue weighted by Crippen LogP contribution is 2.46. The van der Waals surface area contributed by atoms with E-state index in [0.717, 1.165) is 0 Å². The summed E-state index contributed by atoms with van der Waals surface area (Å²) in [5.74, 6) is 0.934. The van der Waals surface area contributed by atoms with Gasteiger partial charge in [0.25, 0.3) is 0 Å². The van der Waals surface area contributed by atoms with E-state index in [1.807, 2.05) is 18.2 Å². The number of nitriles is 1. The van der Waals surface area contributed by atoms with Crippen molar-refractivity contribution in [1.82, 2.24) is 0 Å². The predicted molar refractivity (Wildman–Crippen MR) is 103 cm³/mol. The molecular weight excluding hydrogens is 364 g/mol. The second kappa shape index (κ2) is 6.19. The number of allylic oxidation sites excluding steroid dienone is 1. The van der Waals surface area contributed by atoms with E-state index in [-0.39, 0.29) is 16.9 Å². The minimum absolute atomic E-state index is 0.00637. The number of hydrogen-bond acceptors (Lipinski definition) is 5. The highest BCUT2D eigenvalue weighted by atomic mass is 35.5. The van der Waals surface area contributed by atoms with Crippen molar-refractivity contribution in [3.05, 3.63) is 85.7 Å². The first-order valence-corrected chi connectivity index (χ1v) is 8.70. The van der Waals surface area contributed by atoms with Gasteiger partial charge in [-0.1, -0.05) is 35.9 Å². The van der Waals surface area contributed by atoms with Crippen LogP contribution in [0, 0.1) is 25.2 Å². The maximum absolute atomic E-state index is 12.7. The maximum Gasteiger partial charge on any atom is 0.205 e. The number of furan rings is 1. The molecule has 134 valence electrons. The molecule has 2 N–H and O–H groups in total. The summed E-state index contributed by atoms with van der Waals surface area (Å²) in [6, 6.07) is 12.5. The lowest BCUT2D eigenvalue weighted by atomic mass is 9.84. The number of rotatable bonds is 1. The molecule has 0 unspecified atom stereocenters. The van der Waals surface area contributed by atoms with Crippen LogP contribution >= 0.6 is 11.6 Å². The summed E-state index contributed by atoms with van der Waals surface area (Å²) in [6.45, 7) is 3.50. The van der Waals surface area contributed by atoms with Gasteiger partial charge in [-0.3, -0.25) is 4.79 Å². The number of ether oxygens (including phenoxy) is 1. The molecule has 0 amide bonds. The third-order valence-electron chi connectivity index (χ3n) is 4.82. The van der Waals surface area contributed by atoms with E-state index in [9.17, 15) is 10.1 Å². The van der Waals surface area contributed by atoms with E-state index in [2.05, 4.69) is 6.07 Å². The van der Waals surface area contributed by atoms with Crippen molar-refractivity contribution in [2.24, 2.45) is 5.73 Å². The van der Waals surface area contributed by atoms with Crippen molar-refractivity contribution in [2.45, 2.75) is 19.8 Å². The summed E-state index contributed by atoms with van der Waals surface area (Å²) < 4.78 is 11.5. The monoisotopic (exact) mass is 378 g/mol. The zero-order valence-corrected chi connectivity index (χ0v) is 15.4. The molecule has 2 aromatic carbocycles. The number of benzene rings is 1. The van der Waals surface area contributed by atoms with Gasteiger partial charge >= 0.3 is 0 Å². The molecule has 0 aliphatic carbocycles. The Hall–Kier alpha value is -3.23. The number of hydrogen-bond donors (Lipinski definition) is 1. The molecule has 1 aliphatic rings. The number of fused-ring (bicyclic) bond motifs is 3. The van der Waals surface area contributed by atoms with Gasteiger partial charge < -0.3 is 14.9 Å². The van der Waals surface area contributed by atoms with Crippen molar-refractivity contribution >= 4 is 22.4 Å². The van der Waals surface area contributed by atoms with Crippen molar-refractivity contribution in [3.8, 4) is 11.8 Å². The van der Waals surface area contributed by atoms with Crippen LogP contribution in [0.5, 0.6) is 5.75 Å². The van der Waals surface area contributed by atoms with E-state index < -0.39 is 5.92 Å². The summed E-state index contributed by atoms with van der Waals surface area (Å²) in [5, 5.41) is 11.2. The van der Waals surface area contributed by atoms with Gasteiger partial charge in [0.1, 0.15) is 28.9 Å². The lowest BCUT2D eigenvalue weighted by Gasteiger charge is -2.26. The molecule has 3 aromatic rings. The first-order valence-electron chi connectivity index (χ1n) is 8.33. The van der Waals surface area contributed by atoms with Crippen LogP contribution in [0.1, 0.15) is 28.6 Å². The van der Waals surface area contributed by atoms with Gasteiger partial charge in [-0.05, 0) is 31.5 Å². The maximum atomic E-state index is 12.7.